The van der Waals surface area contributed by atoms with E-state index >= 15 is 9.59 Å². The number of carbonyl (C=O) groups is 11. The number of nitrogens with one attached hydrogen (secondary N) is 4. The molecule has 0 spiro atoms. The number of aliphatic hydroxyl groups excluding tert-OH is 2. The van der Waals surface area contributed by atoms with Crippen LogP contribution in [0.15, 0.2) is 12.2 Å². The average molecular weight is 1250 g/mol. The monoisotopic (exact) mass is 1250 g/mol. The van der Waals surface area contributed by atoms with Gasteiger partial charge in [-0.15, -0.1) is 0 Å². The first kappa shape index (κ1) is 79.8. The molecule has 1 saturated heterocycles. The third-order valence-corrected chi connectivity index (χ3v) is 16.7. The lowest BCUT2D eigenvalue weighted by Crippen LogP contribution is -2.64. The number of likely N-dealkylation sites (N-methyl/N-ethyl adjacent to an activating group) is 7. The summed E-state index contributed by atoms with van der Waals surface area (Å²) in [5.41, 5.74) is -0.625. The van der Waals surface area contributed by atoms with Crippen molar-refractivity contribution in [3.63, 3.8) is 0 Å². The minimum Gasteiger partial charge on any atom is -0.394 e. The normalized spacial score (nSPS) is 27.4. The van der Waals surface area contributed by atoms with Crippen molar-refractivity contribution in [3.05, 3.63) is 12.2 Å². The van der Waals surface area contributed by atoms with E-state index < -0.39 is 167 Å². The van der Waals surface area contributed by atoms with E-state index in [9.17, 15) is 53.4 Å². The van der Waals surface area contributed by atoms with Crippen molar-refractivity contribution in [2.45, 2.75) is 236 Å². The van der Waals surface area contributed by atoms with Gasteiger partial charge in [0.25, 0.3) is 0 Å². The third kappa shape index (κ3) is 21.8. The standard InChI is InChI=1S/C64H115N11O13/c1-26-28-29-40(13)52(77)51-56(81)67-43(27-2)58(83)73(23)48(34-76)61(86)72(22)47(33-64(16,17)18)55(80)68-49(38(9)10)62(87)69(19)44(30-35(3)4)54(79)65-41(14)53(78)66-42(15)57(82)70(20)45(31-36(5)6)59(84)71(21)46(32-37(7)8)60(85)74(24)50(39(11)12)63(88)75(51)25/h26,28,35-52,76-77H,27,29-34H2,1-25H3,(H,65,79)(H,66,78)(H,67,81)(H,68,80)/b28-26+/t40-,41+,42-,43+,44+,45+,46+,47+,48?,49+,50+,51+,52-/m1/s1. The summed E-state index contributed by atoms with van der Waals surface area (Å²) in [7, 11) is 9.65. The van der Waals surface area contributed by atoms with Gasteiger partial charge in [0.15, 0.2) is 0 Å². The van der Waals surface area contributed by atoms with Crippen molar-refractivity contribution < 1.29 is 63.0 Å². The molecule has 0 bridgehead atoms. The van der Waals surface area contributed by atoms with Gasteiger partial charge in [-0.2, -0.15) is 0 Å². The Hall–Kier alpha value is -6.17. The Bertz CT molecular complexity index is 2430. The minimum absolute atomic E-state index is 0.0362. The molecular weight excluding hydrogens is 1130 g/mol. The molecule has 1 heterocycles. The van der Waals surface area contributed by atoms with Crippen LogP contribution < -0.4 is 21.3 Å². The second-order valence-electron chi connectivity index (χ2n) is 27.6. The molecule has 0 aromatic heterocycles. The van der Waals surface area contributed by atoms with Crippen molar-refractivity contribution in [2.75, 3.05) is 55.9 Å². The molecule has 0 saturated carbocycles. The lowest BCUT2D eigenvalue weighted by atomic mass is 9.86. The quantitative estimate of drug-likeness (QED) is 0.129. The Labute approximate surface area is 526 Å². The van der Waals surface area contributed by atoms with Crippen LogP contribution in [0.4, 0.5) is 0 Å². The van der Waals surface area contributed by atoms with Gasteiger partial charge in [0.05, 0.1) is 12.7 Å². The van der Waals surface area contributed by atoms with Gasteiger partial charge in [-0.3, -0.25) is 52.7 Å². The number of hydrogen-bond donors (Lipinski definition) is 6. The molecule has 0 aliphatic carbocycles. The number of aliphatic hydroxyl groups is 2. The summed E-state index contributed by atoms with van der Waals surface area (Å²) < 4.78 is 0. The van der Waals surface area contributed by atoms with Gasteiger partial charge in [-0.1, -0.05) is 116 Å². The fourth-order valence-corrected chi connectivity index (χ4v) is 11.1. The summed E-state index contributed by atoms with van der Waals surface area (Å²) in [6.45, 7) is 30.5. The fourth-order valence-electron chi connectivity index (χ4n) is 11.1. The zero-order valence-electron chi connectivity index (χ0n) is 58.0. The highest BCUT2D eigenvalue weighted by Crippen LogP contribution is 2.28. The maximum Gasteiger partial charge on any atom is 0.248 e. The molecule has 504 valence electrons. The molecule has 88 heavy (non-hydrogen) atoms. The van der Waals surface area contributed by atoms with Crippen molar-refractivity contribution in [3.8, 4) is 0 Å². The van der Waals surface area contributed by atoms with Gasteiger partial charge in [0.1, 0.15) is 66.5 Å². The van der Waals surface area contributed by atoms with Crippen molar-refractivity contribution in [1.82, 2.24) is 55.6 Å². The Kier molecular flexibility index (Phi) is 32.0. The van der Waals surface area contributed by atoms with E-state index in [0.29, 0.717) is 0 Å². The SMILES string of the molecule is C/C=C/C[C@@H](C)[C@@H](O)[C@H]1C(=O)N[C@@H](CC)C(=O)N(C)C(CO)C(=O)N(C)[C@@H](CC(C)(C)C)C(=O)N[C@@H](C(C)C)C(=O)N(C)[C@@H](CC(C)C)C(=O)N[C@@H](C)C(=O)N[C@H](C)C(=O)N(C)[C@@H](CC(C)C)C(=O)N(C)[C@@H](CC(C)C)C(=O)N(C)[C@@H](C(C)C)C(=O)N1C. The maximum absolute atomic E-state index is 15.2. The van der Waals surface area contributed by atoms with Crippen LogP contribution in [-0.4, -0.2) is 238 Å². The summed E-state index contributed by atoms with van der Waals surface area (Å²) >= 11 is 0. The molecule has 24 nitrogen and oxygen atoms in total. The van der Waals surface area contributed by atoms with E-state index in [1.54, 1.807) is 60.6 Å². The van der Waals surface area contributed by atoms with Crippen LogP contribution in [0.25, 0.3) is 0 Å². The van der Waals surface area contributed by atoms with Crippen molar-refractivity contribution >= 4 is 65.0 Å². The molecule has 0 radical (unpaired) electrons. The first-order chi connectivity index (χ1) is 40.5. The highest BCUT2D eigenvalue weighted by molar-refractivity contribution is 6.00. The van der Waals surface area contributed by atoms with Crippen LogP contribution in [-0.2, 0) is 52.7 Å². The van der Waals surface area contributed by atoms with E-state index in [1.807, 2.05) is 62.3 Å². The number of allylic oxidation sites excluding steroid dienone is 2. The summed E-state index contributed by atoms with van der Waals surface area (Å²) in [6, 6.07) is -14.5. The van der Waals surface area contributed by atoms with Gasteiger partial charge >= 0.3 is 0 Å². The zero-order valence-corrected chi connectivity index (χ0v) is 58.0. The number of hydrogen-bond acceptors (Lipinski definition) is 13. The van der Waals surface area contributed by atoms with Crippen molar-refractivity contribution in [1.29, 1.82) is 0 Å². The van der Waals surface area contributed by atoms with E-state index in [0.717, 1.165) is 14.7 Å². The Morgan fingerprint density at radius 3 is 1.32 bits per heavy atom. The number of carbonyl (C=O) groups excluding carboxylic acids is 11. The molecule has 1 unspecified atom stereocenters. The number of amides is 11. The lowest BCUT2D eigenvalue weighted by Gasteiger charge is -2.41. The molecule has 1 rings (SSSR count). The zero-order chi connectivity index (χ0) is 68.5. The van der Waals surface area contributed by atoms with Crippen molar-refractivity contribution in [2.24, 2.45) is 40.9 Å². The maximum atomic E-state index is 15.2. The van der Waals surface area contributed by atoms with E-state index in [1.165, 1.54) is 82.8 Å². The molecule has 1 aliphatic rings. The van der Waals surface area contributed by atoms with Gasteiger partial charge in [-0.25, -0.2) is 0 Å². The Morgan fingerprint density at radius 1 is 0.466 bits per heavy atom. The predicted octanol–water partition coefficient (Wildman–Crippen LogP) is 3.02. The third-order valence-electron chi connectivity index (χ3n) is 16.7. The van der Waals surface area contributed by atoms with E-state index in [2.05, 4.69) is 21.3 Å². The van der Waals surface area contributed by atoms with Crippen LogP contribution in [0.3, 0.4) is 0 Å². The van der Waals surface area contributed by atoms with E-state index in [-0.39, 0.29) is 56.3 Å². The van der Waals surface area contributed by atoms with Gasteiger partial charge in [0, 0.05) is 49.3 Å². The molecule has 0 aromatic rings. The average Bonchev–Trinajstić information content (AvgIpc) is 2.21. The lowest BCUT2D eigenvalue weighted by molar-refractivity contribution is -0.157. The number of nitrogens with zero attached hydrogens (tertiary/aromatic N) is 7. The second-order valence-corrected chi connectivity index (χ2v) is 27.6. The van der Waals surface area contributed by atoms with Gasteiger partial charge in [-0.05, 0) is 100 Å². The molecule has 0 aromatic carbocycles. The molecule has 13 atom stereocenters. The Morgan fingerprint density at radius 2 is 0.875 bits per heavy atom. The summed E-state index contributed by atoms with van der Waals surface area (Å²) in [5.74, 6) is -10.4. The van der Waals surface area contributed by atoms with Crippen LogP contribution in [0.5, 0.6) is 0 Å². The molecule has 1 aliphatic heterocycles. The Balaban J connectivity index is 4.45. The predicted molar refractivity (Wildman–Crippen MR) is 339 cm³/mol. The van der Waals surface area contributed by atoms with Crippen LogP contribution in [0, 0.1) is 40.9 Å². The fraction of sp³-hybridized carbons (Fsp3) is 0.797. The summed E-state index contributed by atoms with van der Waals surface area (Å²) in [4.78, 5) is 170. The molecule has 6 N–H and O–H groups in total. The first-order valence-electron chi connectivity index (χ1n) is 31.5. The molecular formula is C64H115N11O13. The van der Waals surface area contributed by atoms with Crippen LogP contribution in [0.1, 0.15) is 163 Å². The smallest absolute Gasteiger partial charge is 0.248 e. The number of rotatable bonds is 15. The molecule has 1 fully saturated rings. The summed E-state index contributed by atoms with van der Waals surface area (Å²) in [5, 5.41) is 34.0. The summed E-state index contributed by atoms with van der Waals surface area (Å²) in [6.07, 6.45) is 2.66. The molecule has 11 amide bonds. The largest absolute Gasteiger partial charge is 0.394 e. The highest BCUT2D eigenvalue weighted by Gasteiger charge is 2.46. The van der Waals surface area contributed by atoms with E-state index in [4.69, 9.17) is 0 Å². The minimum atomic E-state index is -1.67. The van der Waals surface area contributed by atoms with Gasteiger partial charge in [0.2, 0.25) is 65.0 Å². The van der Waals surface area contributed by atoms with Crippen LogP contribution in [0.2, 0.25) is 0 Å². The highest BCUT2D eigenvalue weighted by atomic mass is 16.3. The first-order valence-corrected chi connectivity index (χ1v) is 31.5. The topological polar surface area (TPSA) is 299 Å². The molecule has 24 heteroatoms. The van der Waals surface area contributed by atoms with Gasteiger partial charge < -0.3 is 65.8 Å². The van der Waals surface area contributed by atoms with Crippen LogP contribution >= 0.6 is 0 Å². The second kappa shape index (κ2) is 35.3.